The second-order valence-corrected chi connectivity index (χ2v) is 6.01. The van der Waals surface area contributed by atoms with Crippen molar-refractivity contribution in [3.8, 4) is 0 Å². The molecule has 2 rings (SSSR count). The molecule has 5 nitrogen and oxygen atoms in total. The minimum Gasteiger partial charge on any atom is -0.480 e. The summed E-state index contributed by atoms with van der Waals surface area (Å²) in [6.07, 6.45) is -0.523. The van der Waals surface area contributed by atoms with Crippen molar-refractivity contribution in [3.05, 3.63) is 30.1 Å². The monoisotopic (exact) mass is 313 g/mol. The lowest BCUT2D eigenvalue weighted by atomic mass is 10.2. The lowest BCUT2D eigenvalue weighted by Gasteiger charge is -2.20. The average molecular weight is 313 g/mol. The highest BCUT2D eigenvalue weighted by atomic mass is 32.2. The van der Waals surface area contributed by atoms with Gasteiger partial charge in [0, 0.05) is 30.0 Å². The predicted octanol–water partition coefficient (Wildman–Crippen LogP) is 1.35. The van der Waals surface area contributed by atoms with Crippen molar-refractivity contribution in [1.82, 2.24) is 4.90 Å². The van der Waals surface area contributed by atoms with Gasteiger partial charge in [0.25, 0.3) is 0 Å². The van der Waals surface area contributed by atoms with Crippen LogP contribution in [-0.2, 0) is 9.59 Å². The number of hydrogen-bond donors (Lipinski definition) is 2. The highest BCUT2D eigenvalue weighted by Crippen LogP contribution is 2.22. The Morgan fingerprint density at radius 1 is 1.33 bits per heavy atom. The number of halogens is 1. The van der Waals surface area contributed by atoms with Gasteiger partial charge in [-0.2, -0.15) is 0 Å². The zero-order chi connectivity index (χ0) is 15.4. The van der Waals surface area contributed by atoms with E-state index in [1.165, 1.54) is 28.8 Å². The Hall–Kier alpha value is -1.60. The van der Waals surface area contributed by atoms with Crippen molar-refractivity contribution in [1.29, 1.82) is 0 Å². The van der Waals surface area contributed by atoms with Gasteiger partial charge in [0.15, 0.2) is 0 Å². The van der Waals surface area contributed by atoms with Crippen LogP contribution in [-0.4, -0.2) is 51.4 Å². The Morgan fingerprint density at radius 2 is 2.00 bits per heavy atom. The molecule has 2 N–H and O–H groups in total. The minimum absolute atomic E-state index is 0.0665. The number of thioether (sulfide) groups is 1. The number of aliphatic hydroxyl groups is 1. The van der Waals surface area contributed by atoms with Crippen LogP contribution >= 0.6 is 11.8 Å². The number of aliphatic hydroxyl groups excluding tert-OH is 1. The Morgan fingerprint density at radius 3 is 2.62 bits per heavy atom. The van der Waals surface area contributed by atoms with Crippen molar-refractivity contribution < 1.29 is 24.2 Å². The van der Waals surface area contributed by atoms with E-state index in [2.05, 4.69) is 0 Å². The smallest absolute Gasteiger partial charge is 0.326 e. The molecule has 1 aliphatic rings. The Kier molecular flexibility index (Phi) is 5.19. The Balaban J connectivity index is 1.84. The van der Waals surface area contributed by atoms with Crippen LogP contribution in [0.1, 0.15) is 12.8 Å². The standard InChI is InChI=1S/C14H16FNO4S/c15-9-1-3-11(4-2-9)21-6-5-13(18)16-8-10(17)7-12(16)14(19)20/h1-4,10,12,17H,5-8H2,(H,19,20). The molecule has 1 aromatic rings. The molecule has 0 spiro atoms. The first-order valence-corrected chi connectivity index (χ1v) is 7.54. The third-order valence-corrected chi connectivity index (χ3v) is 4.30. The molecule has 21 heavy (non-hydrogen) atoms. The molecule has 1 aromatic carbocycles. The van der Waals surface area contributed by atoms with Crippen LogP contribution < -0.4 is 0 Å². The normalized spacial score (nSPS) is 21.5. The van der Waals surface area contributed by atoms with Crippen molar-refractivity contribution in [3.63, 3.8) is 0 Å². The zero-order valence-electron chi connectivity index (χ0n) is 11.2. The summed E-state index contributed by atoms with van der Waals surface area (Å²) < 4.78 is 12.7. The first-order valence-electron chi connectivity index (χ1n) is 6.56. The Labute approximate surface area is 125 Å². The number of hydrogen-bond acceptors (Lipinski definition) is 4. The van der Waals surface area contributed by atoms with E-state index >= 15 is 0 Å². The molecule has 1 saturated heterocycles. The molecular weight excluding hydrogens is 297 g/mol. The number of rotatable bonds is 5. The first kappa shape index (κ1) is 15.8. The number of likely N-dealkylation sites (tertiary alicyclic amines) is 1. The molecule has 0 radical (unpaired) electrons. The fourth-order valence-corrected chi connectivity index (χ4v) is 3.10. The maximum atomic E-state index is 12.7. The van der Waals surface area contributed by atoms with Gasteiger partial charge < -0.3 is 15.1 Å². The van der Waals surface area contributed by atoms with Gasteiger partial charge in [0.05, 0.1) is 6.10 Å². The molecule has 0 aromatic heterocycles. The van der Waals surface area contributed by atoms with Gasteiger partial charge in [0.2, 0.25) is 5.91 Å². The molecular formula is C14H16FNO4S. The van der Waals surface area contributed by atoms with E-state index in [-0.39, 0.29) is 31.1 Å². The molecule has 2 unspecified atom stereocenters. The summed E-state index contributed by atoms with van der Waals surface area (Å²) in [7, 11) is 0. The topological polar surface area (TPSA) is 77.8 Å². The molecule has 1 amide bonds. The summed E-state index contributed by atoms with van der Waals surface area (Å²) in [6, 6.07) is 5.01. The molecule has 2 atom stereocenters. The van der Waals surface area contributed by atoms with Crippen molar-refractivity contribution >= 4 is 23.6 Å². The van der Waals surface area contributed by atoms with E-state index in [4.69, 9.17) is 5.11 Å². The van der Waals surface area contributed by atoms with Gasteiger partial charge in [-0.3, -0.25) is 4.79 Å². The molecule has 1 fully saturated rings. The van der Waals surface area contributed by atoms with Crippen molar-refractivity contribution in [2.24, 2.45) is 0 Å². The van der Waals surface area contributed by atoms with Gasteiger partial charge in [-0.15, -0.1) is 11.8 Å². The summed E-state index contributed by atoms with van der Waals surface area (Å²) in [5.74, 6) is -1.21. The maximum absolute atomic E-state index is 12.7. The Bertz CT molecular complexity index is 522. The van der Waals surface area contributed by atoms with Crippen LogP contribution in [0, 0.1) is 5.82 Å². The molecule has 0 saturated carbocycles. The summed E-state index contributed by atoms with van der Waals surface area (Å²) in [5, 5.41) is 18.5. The van der Waals surface area contributed by atoms with E-state index in [1.54, 1.807) is 12.1 Å². The van der Waals surface area contributed by atoms with Crippen molar-refractivity contribution in [2.45, 2.75) is 29.9 Å². The number of amides is 1. The van der Waals surface area contributed by atoms with Gasteiger partial charge in [-0.05, 0) is 24.3 Å². The van der Waals surface area contributed by atoms with E-state index in [9.17, 15) is 19.1 Å². The molecule has 0 bridgehead atoms. The first-order chi connectivity index (χ1) is 9.97. The van der Waals surface area contributed by atoms with Gasteiger partial charge in [-0.25, -0.2) is 9.18 Å². The van der Waals surface area contributed by atoms with Gasteiger partial charge in [-0.1, -0.05) is 0 Å². The molecule has 1 aliphatic heterocycles. The predicted molar refractivity (Wildman–Crippen MR) is 75.5 cm³/mol. The number of carboxylic acids is 1. The van der Waals surface area contributed by atoms with Gasteiger partial charge in [0.1, 0.15) is 11.9 Å². The van der Waals surface area contributed by atoms with E-state index < -0.39 is 18.1 Å². The summed E-state index contributed by atoms with van der Waals surface area (Å²) in [5.41, 5.74) is 0. The summed E-state index contributed by atoms with van der Waals surface area (Å²) in [6.45, 7) is 0.0665. The highest BCUT2D eigenvalue weighted by molar-refractivity contribution is 7.99. The summed E-state index contributed by atoms with van der Waals surface area (Å²) in [4.78, 5) is 25.1. The second kappa shape index (κ2) is 6.91. The lowest BCUT2D eigenvalue weighted by molar-refractivity contribution is -0.148. The highest BCUT2D eigenvalue weighted by Gasteiger charge is 2.38. The van der Waals surface area contributed by atoms with Crippen LogP contribution in [0.25, 0.3) is 0 Å². The number of benzene rings is 1. The number of carboxylic acid groups (broad SMARTS) is 1. The number of carbonyl (C=O) groups excluding carboxylic acids is 1. The molecule has 114 valence electrons. The number of aliphatic carboxylic acids is 1. The van der Waals surface area contributed by atoms with E-state index in [0.717, 1.165) is 4.90 Å². The van der Waals surface area contributed by atoms with Crippen LogP contribution in [0.3, 0.4) is 0 Å². The van der Waals surface area contributed by atoms with Crippen LogP contribution in [0.2, 0.25) is 0 Å². The largest absolute Gasteiger partial charge is 0.480 e. The van der Waals surface area contributed by atoms with Crippen molar-refractivity contribution in [2.75, 3.05) is 12.3 Å². The van der Waals surface area contributed by atoms with E-state index in [1.807, 2.05) is 0 Å². The van der Waals surface area contributed by atoms with Crippen LogP contribution in [0.15, 0.2) is 29.2 Å². The zero-order valence-corrected chi connectivity index (χ0v) is 12.1. The maximum Gasteiger partial charge on any atom is 0.326 e. The fourth-order valence-electron chi connectivity index (χ4n) is 2.25. The third-order valence-electron chi connectivity index (χ3n) is 3.28. The number of β-amino-alcohol motifs (C(OH)–C–C–N with tert-alkyl or cyclic N) is 1. The fraction of sp³-hybridized carbons (Fsp3) is 0.429. The van der Waals surface area contributed by atoms with E-state index in [0.29, 0.717) is 5.75 Å². The van der Waals surface area contributed by atoms with Gasteiger partial charge >= 0.3 is 5.97 Å². The average Bonchev–Trinajstić information content (AvgIpc) is 2.83. The molecule has 7 heteroatoms. The summed E-state index contributed by atoms with van der Waals surface area (Å²) >= 11 is 1.40. The number of carbonyl (C=O) groups is 2. The number of nitrogens with zero attached hydrogens (tertiary/aromatic N) is 1. The molecule has 1 heterocycles. The minimum atomic E-state index is -1.09. The SMILES string of the molecule is O=C(O)C1CC(O)CN1C(=O)CCSc1ccc(F)cc1. The molecule has 0 aliphatic carbocycles. The van der Waals surface area contributed by atoms with Crippen LogP contribution in [0.5, 0.6) is 0 Å². The third kappa shape index (κ3) is 4.18. The van der Waals surface area contributed by atoms with Crippen LogP contribution in [0.4, 0.5) is 4.39 Å². The quantitative estimate of drug-likeness (QED) is 0.803. The lowest BCUT2D eigenvalue weighted by Crippen LogP contribution is -2.40. The second-order valence-electron chi connectivity index (χ2n) is 4.84.